The summed E-state index contributed by atoms with van der Waals surface area (Å²) in [5, 5.41) is 15.2. The molecule has 1 N–H and O–H groups in total. The van der Waals surface area contributed by atoms with E-state index in [4.69, 9.17) is 9.47 Å². The van der Waals surface area contributed by atoms with Gasteiger partial charge in [0.2, 0.25) is 5.76 Å². The number of hydrogen-bond donors (Lipinski definition) is 1. The van der Waals surface area contributed by atoms with Crippen molar-refractivity contribution in [3.8, 4) is 50.9 Å². The number of fused-ring (bicyclic) bond motifs is 6. The van der Waals surface area contributed by atoms with Gasteiger partial charge in [0.1, 0.15) is 11.5 Å². The number of hydrogen-bond acceptors (Lipinski definition) is 4. The van der Waals surface area contributed by atoms with Gasteiger partial charge in [-0.15, -0.1) is 0 Å². The van der Waals surface area contributed by atoms with E-state index >= 15 is 0 Å². The van der Waals surface area contributed by atoms with E-state index < -0.39 is 5.78 Å². The van der Waals surface area contributed by atoms with E-state index in [0.29, 0.717) is 28.5 Å². The highest BCUT2D eigenvalue weighted by Gasteiger charge is 2.26. The molecule has 6 nitrogen and oxygen atoms in total. The Morgan fingerprint density at radius 1 is 0.458 bits per heavy atom. The van der Waals surface area contributed by atoms with Crippen LogP contribution in [0, 0.1) is 0 Å². The maximum absolute atomic E-state index is 13.1. The molecule has 0 saturated carbocycles. The van der Waals surface area contributed by atoms with Crippen LogP contribution in [0.2, 0.25) is 0 Å². The van der Waals surface area contributed by atoms with Gasteiger partial charge in [-0.3, -0.25) is 4.79 Å². The number of ketones is 1. The molecule has 2 aromatic heterocycles. The van der Waals surface area contributed by atoms with Crippen LogP contribution in [0.4, 0.5) is 0 Å². The van der Waals surface area contributed by atoms with E-state index in [1.165, 1.54) is 13.8 Å². The van der Waals surface area contributed by atoms with Crippen LogP contribution in [0.5, 0.6) is 17.2 Å². The largest absolute Gasteiger partial charge is 0.509 e. The molecule has 2 heterocycles. The van der Waals surface area contributed by atoms with Gasteiger partial charge in [0.25, 0.3) is 0 Å². The zero-order chi connectivity index (χ0) is 40.0. The fraction of sp³-hybridized carbons (Fsp3) is 0.0377. The number of carbonyl (C=O) groups is 1. The molecule has 0 spiro atoms. The highest BCUT2D eigenvalue weighted by molar-refractivity contribution is 6.11. The minimum absolute atomic E-state index is 0.138. The highest BCUT2D eigenvalue weighted by atomic mass is 16.5. The Bertz CT molecular complexity index is 3160. The predicted octanol–water partition coefficient (Wildman–Crippen LogP) is 13.8. The van der Waals surface area contributed by atoms with Gasteiger partial charge in [-0.1, -0.05) is 146 Å². The van der Waals surface area contributed by atoms with Crippen LogP contribution < -0.4 is 9.47 Å². The third-order valence-corrected chi connectivity index (χ3v) is 10.9. The van der Waals surface area contributed by atoms with E-state index in [0.717, 1.165) is 66.0 Å². The first-order valence-corrected chi connectivity index (χ1v) is 19.6. The molecule has 0 aliphatic rings. The molecular formula is C53H38N2O4. The van der Waals surface area contributed by atoms with Crippen molar-refractivity contribution >= 4 is 49.4 Å². The quantitative estimate of drug-likeness (QED) is 0.117. The topological polar surface area (TPSA) is 65.6 Å². The average Bonchev–Trinajstić information content (AvgIpc) is 3.79. The first kappa shape index (κ1) is 35.6. The second-order valence-corrected chi connectivity index (χ2v) is 14.6. The number of para-hydroxylation sites is 5. The molecule has 59 heavy (non-hydrogen) atoms. The predicted molar refractivity (Wildman–Crippen MR) is 239 cm³/mol. The SMILES string of the molecule is CC(=O)/C(Oc1c(-c2ccccc2)cc(Oc2c(-c3ccccc3)cccc2-n2c3ccccc3c3ccccc32)cc1-n1c2ccccc2c2ccccc21)=C(/C)O. The Morgan fingerprint density at radius 2 is 0.898 bits per heavy atom. The van der Waals surface area contributed by atoms with Crippen LogP contribution in [0.1, 0.15) is 13.8 Å². The molecule has 0 saturated heterocycles. The number of benzene rings is 8. The van der Waals surface area contributed by atoms with Crippen molar-refractivity contribution in [2.75, 3.05) is 0 Å². The summed E-state index contributed by atoms with van der Waals surface area (Å²) in [5.74, 6) is 0.866. The lowest BCUT2D eigenvalue weighted by Gasteiger charge is -2.22. The summed E-state index contributed by atoms with van der Waals surface area (Å²) in [6.45, 7) is 2.86. The zero-order valence-corrected chi connectivity index (χ0v) is 32.5. The normalized spacial score (nSPS) is 12.0. The third-order valence-electron chi connectivity index (χ3n) is 10.9. The number of nitrogens with zero attached hydrogens (tertiary/aromatic N) is 2. The molecule has 0 amide bonds. The Labute approximate surface area is 341 Å². The number of Topliss-reactive ketones (excluding diaryl/α,β-unsaturated/α-hetero) is 1. The van der Waals surface area contributed by atoms with Crippen LogP contribution in [0.25, 0.3) is 77.2 Å². The van der Waals surface area contributed by atoms with Crippen molar-refractivity contribution in [2.45, 2.75) is 13.8 Å². The molecule has 8 aromatic carbocycles. The van der Waals surface area contributed by atoms with E-state index in [-0.39, 0.29) is 11.5 Å². The summed E-state index contributed by atoms with van der Waals surface area (Å²) in [6, 6.07) is 63.8. The minimum Gasteiger partial charge on any atom is -0.509 e. The maximum Gasteiger partial charge on any atom is 0.207 e. The van der Waals surface area contributed by atoms with E-state index in [9.17, 15) is 9.90 Å². The summed E-state index contributed by atoms with van der Waals surface area (Å²) in [4.78, 5) is 13.1. The fourth-order valence-electron chi connectivity index (χ4n) is 8.39. The van der Waals surface area contributed by atoms with Crippen molar-refractivity contribution in [1.29, 1.82) is 0 Å². The molecule has 284 valence electrons. The van der Waals surface area contributed by atoms with Crippen molar-refractivity contribution in [3.05, 3.63) is 200 Å². The van der Waals surface area contributed by atoms with Gasteiger partial charge >= 0.3 is 0 Å². The van der Waals surface area contributed by atoms with Crippen LogP contribution in [-0.2, 0) is 4.79 Å². The Balaban J connectivity index is 1.30. The van der Waals surface area contributed by atoms with Gasteiger partial charge in [-0.25, -0.2) is 0 Å². The van der Waals surface area contributed by atoms with Crippen LogP contribution >= 0.6 is 0 Å². The van der Waals surface area contributed by atoms with Crippen LogP contribution in [0.15, 0.2) is 200 Å². The first-order chi connectivity index (χ1) is 29.0. The molecule has 0 unspecified atom stereocenters. The summed E-state index contributed by atoms with van der Waals surface area (Å²) in [6.07, 6.45) is 0. The molecule has 0 atom stereocenters. The number of aromatic nitrogens is 2. The van der Waals surface area contributed by atoms with Gasteiger partial charge in [0.15, 0.2) is 17.3 Å². The summed E-state index contributed by atoms with van der Waals surface area (Å²) in [7, 11) is 0. The average molecular weight is 767 g/mol. The standard InChI is InChI=1S/C53H38N2O4/c1-34(56)51(35(2)57)59-53-44(37-20-7-4-8-21-37)32-38(33-50(53)55-47-29-15-11-24-42(47)43-25-12-16-30-48(43)55)58-52-39(36-18-5-3-6-19-36)26-17-31-49(52)54-45-27-13-9-22-40(45)41-23-10-14-28-46(41)54/h3-33,56H,1-2H3/b51-34+. The molecule has 0 radical (unpaired) electrons. The molecule has 10 rings (SSSR count). The molecule has 0 fully saturated rings. The van der Waals surface area contributed by atoms with Gasteiger partial charge in [0.05, 0.1) is 33.4 Å². The minimum atomic E-state index is -0.398. The summed E-state index contributed by atoms with van der Waals surface area (Å²) >= 11 is 0. The number of allylic oxidation sites excluding steroid dienone is 2. The molecule has 0 aliphatic heterocycles. The number of rotatable bonds is 9. The highest BCUT2D eigenvalue weighted by Crippen LogP contribution is 2.47. The lowest BCUT2D eigenvalue weighted by Crippen LogP contribution is -2.11. The number of ether oxygens (including phenoxy) is 2. The van der Waals surface area contributed by atoms with Gasteiger partial charge in [0, 0.05) is 45.7 Å². The third kappa shape index (κ3) is 6.10. The van der Waals surface area contributed by atoms with E-state index in [1.807, 2.05) is 84.9 Å². The van der Waals surface area contributed by atoms with Crippen LogP contribution in [-0.4, -0.2) is 20.0 Å². The monoisotopic (exact) mass is 766 g/mol. The van der Waals surface area contributed by atoms with Crippen molar-refractivity contribution in [2.24, 2.45) is 0 Å². The molecule has 0 aliphatic carbocycles. The smallest absolute Gasteiger partial charge is 0.207 e. The second-order valence-electron chi connectivity index (χ2n) is 14.6. The number of carbonyl (C=O) groups excluding carboxylic acids is 1. The Morgan fingerprint density at radius 3 is 1.37 bits per heavy atom. The molecule has 0 bridgehead atoms. The van der Waals surface area contributed by atoms with E-state index in [2.05, 4.69) is 112 Å². The molecule has 10 aromatic rings. The zero-order valence-electron chi connectivity index (χ0n) is 32.5. The Kier molecular flexibility index (Phi) is 8.80. The van der Waals surface area contributed by atoms with Crippen molar-refractivity contribution in [3.63, 3.8) is 0 Å². The molecular weight excluding hydrogens is 729 g/mol. The maximum atomic E-state index is 13.1. The lowest BCUT2D eigenvalue weighted by molar-refractivity contribution is -0.115. The molecule has 6 heteroatoms. The van der Waals surface area contributed by atoms with Crippen molar-refractivity contribution < 1.29 is 19.4 Å². The van der Waals surface area contributed by atoms with E-state index in [1.54, 1.807) is 0 Å². The summed E-state index contributed by atoms with van der Waals surface area (Å²) in [5.41, 5.74) is 8.96. The van der Waals surface area contributed by atoms with Gasteiger partial charge in [-0.2, -0.15) is 0 Å². The second kappa shape index (κ2) is 14.6. The van der Waals surface area contributed by atoms with Gasteiger partial charge < -0.3 is 23.7 Å². The van der Waals surface area contributed by atoms with Gasteiger partial charge in [-0.05, 0) is 54.4 Å². The summed E-state index contributed by atoms with van der Waals surface area (Å²) < 4.78 is 18.5. The van der Waals surface area contributed by atoms with Crippen LogP contribution in [0.3, 0.4) is 0 Å². The van der Waals surface area contributed by atoms with Crippen molar-refractivity contribution in [1.82, 2.24) is 9.13 Å². The fourth-order valence-corrected chi connectivity index (χ4v) is 8.39. The lowest BCUT2D eigenvalue weighted by atomic mass is 10.0. The Hall–Kier alpha value is -7.83. The first-order valence-electron chi connectivity index (χ1n) is 19.6. The number of aliphatic hydroxyl groups is 1. The number of aliphatic hydroxyl groups excluding tert-OH is 1.